The first-order valence-electron chi connectivity index (χ1n) is 6.29. The van der Waals surface area contributed by atoms with Crippen LogP contribution in [0.3, 0.4) is 0 Å². The molecule has 1 atom stereocenters. The first-order chi connectivity index (χ1) is 8.67. The molecule has 1 aromatic heterocycles. The molecule has 1 unspecified atom stereocenters. The zero-order valence-electron chi connectivity index (χ0n) is 10.7. The number of rotatable bonds is 6. The van der Waals surface area contributed by atoms with Crippen LogP contribution in [0, 0.1) is 0 Å². The van der Waals surface area contributed by atoms with Crippen molar-refractivity contribution in [2.24, 2.45) is 5.84 Å². The van der Waals surface area contributed by atoms with E-state index in [0.29, 0.717) is 0 Å². The lowest BCUT2D eigenvalue weighted by Gasteiger charge is -2.42. The summed E-state index contributed by atoms with van der Waals surface area (Å²) in [7, 11) is 1.80. The summed E-state index contributed by atoms with van der Waals surface area (Å²) >= 11 is 3.39. The Labute approximate surface area is 116 Å². The second-order valence-corrected chi connectivity index (χ2v) is 5.90. The molecule has 100 valence electrons. The summed E-state index contributed by atoms with van der Waals surface area (Å²) < 4.78 is 6.64. The van der Waals surface area contributed by atoms with E-state index in [9.17, 15) is 0 Å². The number of ether oxygens (including phenoxy) is 1. The number of nitrogens with zero attached hydrogens (tertiary/aromatic N) is 1. The molecule has 1 fully saturated rings. The van der Waals surface area contributed by atoms with E-state index in [1.165, 1.54) is 6.42 Å². The Kier molecular flexibility index (Phi) is 4.72. The van der Waals surface area contributed by atoms with Gasteiger partial charge in [-0.05, 0) is 53.7 Å². The third kappa shape index (κ3) is 3.29. The van der Waals surface area contributed by atoms with E-state index in [0.717, 1.165) is 35.8 Å². The first-order valence-corrected chi connectivity index (χ1v) is 7.08. The number of pyridine rings is 1. The van der Waals surface area contributed by atoms with Gasteiger partial charge >= 0.3 is 0 Å². The number of nitrogens with two attached hydrogens (primary N) is 1. The third-order valence-electron chi connectivity index (χ3n) is 3.80. The maximum atomic E-state index is 5.65. The molecule has 18 heavy (non-hydrogen) atoms. The van der Waals surface area contributed by atoms with Crippen LogP contribution in [0.2, 0.25) is 0 Å². The van der Waals surface area contributed by atoms with Gasteiger partial charge < -0.3 is 4.74 Å². The molecule has 1 heterocycles. The van der Waals surface area contributed by atoms with Crippen LogP contribution in [-0.2, 0) is 11.2 Å². The zero-order chi connectivity index (χ0) is 13.0. The lowest BCUT2D eigenvalue weighted by atomic mass is 9.75. The second kappa shape index (κ2) is 6.10. The number of nitrogens with one attached hydrogen (secondary N) is 1. The van der Waals surface area contributed by atoms with Crippen molar-refractivity contribution in [2.45, 2.75) is 43.7 Å². The fourth-order valence-corrected chi connectivity index (χ4v) is 2.72. The van der Waals surface area contributed by atoms with Gasteiger partial charge in [-0.25, -0.2) is 0 Å². The Balaban J connectivity index is 1.94. The molecular weight excluding hydrogens is 294 g/mol. The lowest BCUT2D eigenvalue weighted by Crippen LogP contribution is -2.48. The average Bonchev–Trinajstić information content (AvgIpc) is 2.35. The third-order valence-corrected chi connectivity index (χ3v) is 4.27. The average molecular weight is 314 g/mol. The Hall–Kier alpha value is -0.490. The van der Waals surface area contributed by atoms with Crippen molar-refractivity contribution in [3.05, 3.63) is 28.5 Å². The molecule has 3 N–H and O–H groups in total. The summed E-state index contributed by atoms with van der Waals surface area (Å²) in [5, 5.41) is 0. The van der Waals surface area contributed by atoms with Gasteiger partial charge in [0.2, 0.25) is 0 Å². The summed E-state index contributed by atoms with van der Waals surface area (Å²) in [6.07, 6.45) is 7.11. The Morgan fingerprint density at radius 1 is 1.56 bits per heavy atom. The molecule has 1 aromatic rings. The van der Waals surface area contributed by atoms with Crippen molar-refractivity contribution in [3.63, 3.8) is 0 Å². The number of methoxy groups -OCH3 is 1. The maximum Gasteiger partial charge on any atom is 0.0694 e. The van der Waals surface area contributed by atoms with Crippen molar-refractivity contribution in [1.82, 2.24) is 10.4 Å². The normalized spacial score (nSPS) is 19.3. The van der Waals surface area contributed by atoms with Crippen molar-refractivity contribution in [1.29, 1.82) is 0 Å². The second-order valence-electron chi connectivity index (χ2n) is 4.98. The summed E-state index contributed by atoms with van der Waals surface area (Å²) in [5.74, 6) is 5.65. The molecule has 0 aliphatic heterocycles. The number of hydrazine groups is 1. The van der Waals surface area contributed by atoms with Gasteiger partial charge in [0, 0.05) is 35.9 Å². The number of hydrogen-bond acceptors (Lipinski definition) is 4. The van der Waals surface area contributed by atoms with E-state index in [4.69, 9.17) is 10.6 Å². The number of hydrogen-bond donors (Lipinski definition) is 2. The molecule has 0 bridgehead atoms. The van der Waals surface area contributed by atoms with Gasteiger partial charge in [0.25, 0.3) is 0 Å². The topological polar surface area (TPSA) is 60.2 Å². The minimum atomic E-state index is 0.0341. The highest BCUT2D eigenvalue weighted by atomic mass is 79.9. The number of aromatic nitrogens is 1. The Morgan fingerprint density at radius 2 is 2.33 bits per heavy atom. The zero-order valence-corrected chi connectivity index (χ0v) is 12.2. The van der Waals surface area contributed by atoms with Gasteiger partial charge in [0.15, 0.2) is 0 Å². The van der Waals surface area contributed by atoms with Crippen LogP contribution >= 0.6 is 15.9 Å². The number of halogens is 1. The molecular formula is C13H20BrN3O. The SMILES string of the molecule is COC1(CC(Cc2ccc(Br)cn2)NN)CCC1. The van der Waals surface area contributed by atoms with Gasteiger partial charge in [-0.2, -0.15) is 0 Å². The van der Waals surface area contributed by atoms with Crippen molar-refractivity contribution >= 4 is 15.9 Å². The molecule has 1 saturated carbocycles. The maximum absolute atomic E-state index is 5.65. The Bertz CT molecular complexity index is 373. The largest absolute Gasteiger partial charge is 0.378 e. The molecule has 0 aromatic carbocycles. The van der Waals surface area contributed by atoms with Crippen LogP contribution in [-0.4, -0.2) is 23.7 Å². The standard InChI is InChI=1S/C13H20BrN3O/c1-18-13(5-2-6-13)8-12(17-15)7-11-4-3-10(14)9-16-11/h3-4,9,12,17H,2,5-8,15H2,1H3. The summed E-state index contributed by atoms with van der Waals surface area (Å²) in [6, 6.07) is 4.24. The fraction of sp³-hybridized carbons (Fsp3) is 0.615. The molecule has 2 rings (SSSR count). The highest BCUT2D eigenvalue weighted by molar-refractivity contribution is 9.10. The van der Waals surface area contributed by atoms with E-state index in [2.05, 4.69) is 26.3 Å². The van der Waals surface area contributed by atoms with E-state index < -0.39 is 0 Å². The minimum Gasteiger partial charge on any atom is -0.378 e. The molecule has 1 aliphatic rings. The van der Waals surface area contributed by atoms with Gasteiger partial charge in [0.05, 0.1) is 5.60 Å². The van der Waals surface area contributed by atoms with E-state index in [-0.39, 0.29) is 11.6 Å². The predicted octanol–water partition coefficient (Wildman–Crippen LogP) is 2.18. The molecule has 0 saturated heterocycles. The molecule has 0 spiro atoms. The van der Waals surface area contributed by atoms with Gasteiger partial charge in [0.1, 0.15) is 0 Å². The monoisotopic (exact) mass is 313 g/mol. The van der Waals surface area contributed by atoms with Crippen molar-refractivity contribution in [3.8, 4) is 0 Å². The summed E-state index contributed by atoms with van der Waals surface area (Å²) in [5.41, 5.74) is 3.97. The van der Waals surface area contributed by atoms with Crippen LogP contribution < -0.4 is 11.3 Å². The van der Waals surface area contributed by atoms with E-state index in [1.807, 2.05) is 18.3 Å². The van der Waals surface area contributed by atoms with Gasteiger partial charge in [-0.3, -0.25) is 16.3 Å². The minimum absolute atomic E-state index is 0.0341. The van der Waals surface area contributed by atoms with E-state index in [1.54, 1.807) is 7.11 Å². The molecule has 4 nitrogen and oxygen atoms in total. The molecule has 5 heteroatoms. The Morgan fingerprint density at radius 3 is 2.78 bits per heavy atom. The lowest BCUT2D eigenvalue weighted by molar-refractivity contribution is -0.0834. The first kappa shape index (κ1) is 13.9. The highest BCUT2D eigenvalue weighted by Crippen LogP contribution is 2.39. The fourth-order valence-electron chi connectivity index (χ4n) is 2.48. The smallest absolute Gasteiger partial charge is 0.0694 e. The van der Waals surface area contributed by atoms with E-state index >= 15 is 0 Å². The molecule has 0 amide bonds. The summed E-state index contributed by atoms with van der Waals surface area (Å²) in [4.78, 5) is 4.38. The van der Waals surface area contributed by atoms with Crippen LogP contribution in [0.1, 0.15) is 31.4 Å². The van der Waals surface area contributed by atoms with Crippen molar-refractivity contribution < 1.29 is 4.74 Å². The van der Waals surface area contributed by atoms with Crippen LogP contribution in [0.15, 0.2) is 22.8 Å². The van der Waals surface area contributed by atoms with Crippen LogP contribution in [0.5, 0.6) is 0 Å². The predicted molar refractivity (Wildman–Crippen MR) is 75.0 cm³/mol. The van der Waals surface area contributed by atoms with Crippen LogP contribution in [0.4, 0.5) is 0 Å². The highest BCUT2D eigenvalue weighted by Gasteiger charge is 2.38. The summed E-state index contributed by atoms with van der Waals surface area (Å²) in [6.45, 7) is 0. The van der Waals surface area contributed by atoms with Gasteiger partial charge in [-0.1, -0.05) is 0 Å². The molecule has 0 radical (unpaired) electrons. The van der Waals surface area contributed by atoms with Gasteiger partial charge in [-0.15, -0.1) is 0 Å². The quantitative estimate of drug-likeness (QED) is 0.624. The van der Waals surface area contributed by atoms with Crippen LogP contribution in [0.25, 0.3) is 0 Å². The molecule has 1 aliphatic carbocycles. The van der Waals surface area contributed by atoms with Crippen molar-refractivity contribution in [2.75, 3.05) is 7.11 Å².